The van der Waals surface area contributed by atoms with Crippen molar-refractivity contribution >= 4 is 0 Å². The van der Waals surface area contributed by atoms with E-state index in [2.05, 4.69) is 19.7 Å². The van der Waals surface area contributed by atoms with Crippen molar-refractivity contribution in [2.75, 3.05) is 0 Å². The highest BCUT2D eigenvalue weighted by molar-refractivity contribution is 5.53. The Balaban J connectivity index is 2.06. The van der Waals surface area contributed by atoms with Crippen molar-refractivity contribution in [1.82, 2.24) is 19.7 Å². The van der Waals surface area contributed by atoms with Gasteiger partial charge in [0.05, 0.1) is 0 Å². The summed E-state index contributed by atoms with van der Waals surface area (Å²) in [7, 11) is 0. The van der Waals surface area contributed by atoms with Crippen molar-refractivity contribution in [3.05, 3.63) is 30.4 Å². The Kier molecular flexibility index (Phi) is 2.40. The van der Waals surface area contributed by atoms with Gasteiger partial charge in [0.2, 0.25) is 0 Å². The monoisotopic (exact) mass is 214 g/mol. The molecule has 0 fully saturated rings. The Hall–Kier alpha value is -1.71. The van der Waals surface area contributed by atoms with Crippen molar-refractivity contribution in [3.8, 4) is 11.4 Å². The van der Waals surface area contributed by atoms with Crippen LogP contribution in [0.5, 0.6) is 0 Å². The third-order valence-corrected chi connectivity index (χ3v) is 3.03. The average Bonchev–Trinajstić information content (AvgIpc) is 2.60. The molecule has 0 spiro atoms. The number of fused-ring (bicyclic) bond motifs is 1. The van der Waals surface area contributed by atoms with E-state index in [0.29, 0.717) is 0 Å². The molecule has 4 nitrogen and oxygen atoms in total. The van der Waals surface area contributed by atoms with Gasteiger partial charge in [0.15, 0.2) is 5.82 Å². The number of nitrogens with zero attached hydrogens (tertiary/aromatic N) is 4. The molecule has 1 aliphatic heterocycles. The maximum absolute atomic E-state index is 4.28. The Labute approximate surface area is 94.4 Å². The quantitative estimate of drug-likeness (QED) is 0.729. The fraction of sp³-hybridized carbons (Fsp3) is 0.417. The van der Waals surface area contributed by atoms with E-state index in [0.717, 1.165) is 30.2 Å². The molecule has 0 saturated heterocycles. The maximum Gasteiger partial charge on any atom is 0.165 e. The van der Waals surface area contributed by atoms with E-state index >= 15 is 0 Å². The van der Waals surface area contributed by atoms with E-state index in [9.17, 15) is 0 Å². The third-order valence-electron chi connectivity index (χ3n) is 3.03. The number of hydrogen-bond donors (Lipinski definition) is 0. The summed E-state index contributed by atoms with van der Waals surface area (Å²) in [5.41, 5.74) is 1.06. The van der Waals surface area contributed by atoms with Gasteiger partial charge in [-0.3, -0.25) is 4.98 Å². The molecule has 0 saturated carbocycles. The van der Waals surface area contributed by atoms with E-state index in [1.54, 1.807) is 6.20 Å². The van der Waals surface area contributed by atoms with Crippen LogP contribution in [0, 0.1) is 0 Å². The highest BCUT2D eigenvalue weighted by Crippen LogP contribution is 2.21. The SMILES string of the molecule is c1cncc(-c2nnc3n2CCCCC3)c1. The molecule has 1 aliphatic rings. The van der Waals surface area contributed by atoms with Crippen LogP contribution in [0.25, 0.3) is 11.4 Å². The summed E-state index contributed by atoms with van der Waals surface area (Å²) >= 11 is 0. The van der Waals surface area contributed by atoms with Gasteiger partial charge in [0, 0.05) is 30.9 Å². The highest BCUT2D eigenvalue weighted by atomic mass is 15.3. The van der Waals surface area contributed by atoms with E-state index in [4.69, 9.17) is 0 Å². The molecule has 0 aliphatic carbocycles. The first-order valence-electron chi connectivity index (χ1n) is 5.77. The summed E-state index contributed by atoms with van der Waals surface area (Å²) in [5, 5.41) is 8.56. The van der Waals surface area contributed by atoms with E-state index in [1.165, 1.54) is 19.3 Å². The second-order valence-corrected chi connectivity index (χ2v) is 4.14. The zero-order valence-corrected chi connectivity index (χ0v) is 9.13. The zero-order valence-electron chi connectivity index (χ0n) is 9.13. The average molecular weight is 214 g/mol. The molecule has 0 aromatic carbocycles. The standard InChI is InChI=1S/C12H14N4/c1-2-6-11-14-15-12(16(11)8-3-1)10-5-4-7-13-9-10/h4-5,7,9H,1-3,6,8H2. The Morgan fingerprint density at radius 1 is 1.12 bits per heavy atom. The van der Waals surface area contributed by atoms with Crippen molar-refractivity contribution in [3.63, 3.8) is 0 Å². The molecule has 2 aromatic rings. The summed E-state index contributed by atoms with van der Waals surface area (Å²) in [6.45, 7) is 1.03. The van der Waals surface area contributed by atoms with Crippen molar-refractivity contribution in [2.24, 2.45) is 0 Å². The van der Waals surface area contributed by atoms with Crippen LogP contribution in [-0.2, 0) is 13.0 Å². The highest BCUT2D eigenvalue weighted by Gasteiger charge is 2.15. The van der Waals surface area contributed by atoms with Gasteiger partial charge in [-0.15, -0.1) is 10.2 Å². The topological polar surface area (TPSA) is 43.6 Å². The van der Waals surface area contributed by atoms with Crippen LogP contribution in [0.15, 0.2) is 24.5 Å². The molecule has 82 valence electrons. The van der Waals surface area contributed by atoms with E-state index < -0.39 is 0 Å². The number of aryl methyl sites for hydroxylation is 1. The fourth-order valence-corrected chi connectivity index (χ4v) is 2.19. The lowest BCUT2D eigenvalue weighted by molar-refractivity contribution is 0.636. The van der Waals surface area contributed by atoms with E-state index in [1.807, 2.05) is 18.3 Å². The first-order chi connectivity index (χ1) is 7.95. The van der Waals surface area contributed by atoms with Crippen LogP contribution in [-0.4, -0.2) is 19.7 Å². The molecule has 0 atom stereocenters. The van der Waals surface area contributed by atoms with Gasteiger partial charge in [-0.2, -0.15) is 0 Å². The number of pyridine rings is 1. The summed E-state index contributed by atoms with van der Waals surface area (Å²) < 4.78 is 2.24. The van der Waals surface area contributed by atoms with Crippen LogP contribution in [0.4, 0.5) is 0 Å². The first-order valence-corrected chi connectivity index (χ1v) is 5.77. The largest absolute Gasteiger partial charge is 0.311 e. The van der Waals surface area contributed by atoms with Crippen molar-refractivity contribution in [1.29, 1.82) is 0 Å². The van der Waals surface area contributed by atoms with Crippen molar-refractivity contribution < 1.29 is 0 Å². The summed E-state index contributed by atoms with van der Waals surface area (Å²) in [4.78, 5) is 4.13. The fourth-order valence-electron chi connectivity index (χ4n) is 2.19. The lowest BCUT2D eigenvalue weighted by Crippen LogP contribution is -2.02. The van der Waals surface area contributed by atoms with Crippen LogP contribution < -0.4 is 0 Å². The van der Waals surface area contributed by atoms with Gasteiger partial charge in [-0.25, -0.2) is 0 Å². The molecular formula is C12H14N4. The molecule has 0 radical (unpaired) electrons. The summed E-state index contributed by atoms with van der Waals surface area (Å²) in [5.74, 6) is 2.08. The van der Waals surface area contributed by atoms with Crippen LogP contribution in [0.3, 0.4) is 0 Å². The zero-order chi connectivity index (χ0) is 10.8. The van der Waals surface area contributed by atoms with Crippen LogP contribution >= 0.6 is 0 Å². The summed E-state index contributed by atoms with van der Waals surface area (Å²) in [6, 6.07) is 3.98. The molecule has 3 rings (SSSR count). The molecule has 2 aromatic heterocycles. The minimum Gasteiger partial charge on any atom is -0.311 e. The molecular weight excluding hydrogens is 200 g/mol. The lowest BCUT2D eigenvalue weighted by Gasteiger charge is -2.05. The predicted octanol–water partition coefficient (Wildman–Crippen LogP) is 2.07. The van der Waals surface area contributed by atoms with Gasteiger partial charge in [-0.1, -0.05) is 6.42 Å². The maximum atomic E-state index is 4.28. The first kappa shape index (κ1) is 9.51. The predicted molar refractivity (Wildman–Crippen MR) is 60.8 cm³/mol. The minimum absolute atomic E-state index is 0.963. The molecule has 4 heteroatoms. The van der Waals surface area contributed by atoms with E-state index in [-0.39, 0.29) is 0 Å². The normalized spacial score (nSPS) is 15.5. The third kappa shape index (κ3) is 1.60. The smallest absolute Gasteiger partial charge is 0.165 e. The van der Waals surface area contributed by atoms with Gasteiger partial charge in [0.25, 0.3) is 0 Å². The molecule has 0 amide bonds. The molecule has 0 N–H and O–H groups in total. The van der Waals surface area contributed by atoms with Crippen LogP contribution in [0.1, 0.15) is 25.1 Å². The van der Waals surface area contributed by atoms with Gasteiger partial charge in [-0.05, 0) is 25.0 Å². The van der Waals surface area contributed by atoms with Gasteiger partial charge >= 0.3 is 0 Å². The number of rotatable bonds is 1. The molecule has 0 unspecified atom stereocenters. The second kappa shape index (κ2) is 4.04. The molecule has 3 heterocycles. The number of aromatic nitrogens is 4. The second-order valence-electron chi connectivity index (χ2n) is 4.14. The Morgan fingerprint density at radius 2 is 2.12 bits per heavy atom. The molecule has 16 heavy (non-hydrogen) atoms. The Bertz CT molecular complexity index is 475. The van der Waals surface area contributed by atoms with Gasteiger partial charge < -0.3 is 4.57 Å². The lowest BCUT2D eigenvalue weighted by atomic mass is 10.2. The summed E-state index contributed by atoms with van der Waals surface area (Å²) in [6.07, 6.45) is 8.41. The van der Waals surface area contributed by atoms with Crippen molar-refractivity contribution in [2.45, 2.75) is 32.2 Å². The number of hydrogen-bond acceptors (Lipinski definition) is 3. The molecule has 0 bridgehead atoms. The van der Waals surface area contributed by atoms with Crippen LogP contribution in [0.2, 0.25) is 0 Å². The minimum atomic E-state index is 0.963. The Morgan fingerprint density at radius 3 is 3.00 bits per heavy atom. The van der Waals surface area contributed by atoms with Gasteiger partial charge in [0.1, 0.15) is 5.82 Å².